The van der Waals surface area contributed by atoms with Crippen LogP contribution in [-0.4, -0.2) is 40.1 Å². The van der Waals surface area contributed by atoms with Crippen LogP contribution >= 0.6 is 22.9 Å². The molecule has 1 fully saturated rings. The van der Waals surface area contributed by atoms with Gasteiger partial charge in [-0.3, -0.25) is 9.36 Å². The van der Waals surface area contributed by atoms with Gasteiger partial charge in [0.05, 0.1) is 22.0 Å². The summed E-state index contributed by atoms with van der Waals surface area (Å²) < 4.78 is 42.7. The first-order valence-electron chi connectivity index (χ1n) is 12.0. The topological polar surface area (TPSA) is 116 Å². The predicted molar refractivity (Wildman–Crippen MR) is 140 cm³/mol. The molecule has 0 radical (unpaired) electrons. The van der Waals surface area contributed by atoms with Crippen LogP contribution in [0.25, 0.3) is 5.57 Å². The molecule has 1 aromatic heterocycles. The Morgan fingerprint density at radius 2 is 1.95 bits per heavy atom. The summed E-state index contributed by atoms with van der Waals surface area (Å²) in [4.78, 5) is 24.8. The number of rotatable bonds is 6. The Labute approximate surface area is 228 Å². The molecule has 5 rings (SSSR count). The minimum Gasteiger partial charge on any atom is -0.493 e. The van der Waals surface area contributed by atoms with E-state index in [2.05, 4.69) is 15.5 Å². The van der Waals surface area contributed by atoms with Crippen molar-refractivity contribution in [3.63, 3.8) is 0 Å². The first-order chi connectivity index (χ1) is 18.5. The average Bonchev–Trinajstić information content (AvgIpc) is 3.47. The summed E-state index contributed by atoms with van der Waals surface area (Å²) in [5.41, 5.74) is -0.240. The molecule has 0 amide bonds. The molecule has 1 unspecified atom stereocenters. The van der Waals surface area contributed by atoms with Gasteiger partial charge in [0.2, 0.25) is 5.88 Å². The van der Waals surface area contributed by atoms with Gasteiger partial charge in [-0.25, -0.2) is 4.79 Å². The van der Waals surface area contributed by atoms with Gasteiger partial charge in [-0.1, -0.05) is 35.1 Å². The van der Waals surface area contributed by atoms with Crippen molar-refractivity contribution in [1.82, 2.24) is 9.88 Å². The van der Waals surface area contributed by atoms with Gasteiger partial charge in [-0.2, -0.15) is 23.4 Å². The van der Waals surface area contributed by atoms with Crippen LogP contribution in [0.1, 0.15) is 40.5 Å². The van der Waals surface area contributed by atoms with Crippen molar-refractivity contribution in [2.45, 2.75) is 31.5 Å². The summed E-state index contributed by atoms with van der Waals surface area (Å²) >= 11 is 6.47. The number of nitrogens with one attached hydrogen (secondary N) is 1. The van der Waals surface area contributed by atoms with Crippen molar-refractivity contribution in [3.05, 3.63) is 83.2 Å². The van der Waals surface area contributed by atoms with Gasteiger partial charge in [0.15, 0.2) is 0 Å². The number of carboxylic acids is 1. The number of thiazole rings is 1. The number of hydrogen-bond donors (Lipinski definition) is 3. The number of alkyl halides is 3. The summed E-state index contributed by atoms with van der Waals surface area (Å²) in [5, 5.41) is 33.2. The maximum absolute atomic E-state index is 13.9. The number of nitrogens with zero attached hydrogens (tertiary/aromatic N) is 3. The van der Waals surface area contributed by atoms with E-state index in [0.717, 1.165) is 10.6 Å². The summed E-state index contributed by atoms with van der Waals surface area (Å²) in [7, 11) is 0. The molecule has 1 atom stereocenters. The van der Waals surface area contributed by atoms with Gasteiger partial charge in [0, 0.05) is 17.0 Å². The molecule has 1 saturated heterocycles. The summed E-state index contributed by atoms with van der Waals surface area (Å²) in [5.74, 6) is -2.27. The summed E-state index contributed by atoms with van der Waals surface area (Å²) in [6.45, 7) is 1.13. The second-order valence-electron chi connectivity index (χ2n) is 9.33. The number of aromatic nitrogens is 1. The van der Waals surface area contributed by atoms with Crippen LogP contribution in [0, 0.1) is 5.92 Å². The molecule has 3 N–H and O–H groups in total. The molecule has 39 heavy (non-hydrogen) atoms. The van der Waals surface area contributed by atoms with Crippen LogP contribution in [0.5, 0.6) is 5.88 Å². The molecule has 2 aliphatic rings. The lowest BCUT2D eigenvalue weighted by atomic mass is 9.90. The maximum Gasteiger partial charge on any atom is 0.416 e. The maximum atomic E-state index is 13.9. The monoisotopic (exact) mass is 578 g/mol. The number of carbonyl (C=O) groups is 1. The van der Waals surface area contributed by atoms with Gasteiger partial charge in [0.25, 0.3) is 0 Å². The average molecular weight is 579 g/mol. The van der Waals surface area contributed by atoms with Gasteiger partial charge >= 0.3 is 17.0 Å². The van der Waals surface area contributed by atoms with E-state index >= 15 is 0 Å². The Morgan fingerprint density at radius 1 is 1.21 bits per heavy atom. The fourth-order valence-corrected chi connectivity index (χ4v) is 6.21. The molecule has 0 saturated carbocycles. The van der Waals surface area contributed by atoms with E-state index in [1.165, 1.54) is 18.3 Å². The van der Waals surface area contributed by atoms with E-state index in [1.54, 1.807) is 18.2 Å². The second kappa shape index (κ2) is 10.6. The SMILES string of the molecule is O=C(O)C(C1CCNCC1)n1c(O)c(C(Cc2ccc(Cl)cc2C(F)(F)F)=c2ccc3c(c2)C=NN=3)sc1=O. The van der Waals surface area contributed by atoms with E-state index < -0.39 is 40.4 Å². The molecular weight excluding hydrogens is 557 g/mol. The van der Waals surface area contributed by atoms with Crippen molar-refractivity contribution in [2.75, 3.05) is 13.1 Å². The van der Waals surface area contributed by atoms with Crippen LogP contribution in [-0.2, 0) is 17.4 Å². The van der Waals surface area contributed by atoms with Gasteiger partial charge < -0.3 is 15.5 Å². The molecule has 2 aliphatic heterocycles. The molecule has 0 bridgehead atoms. The van der Waals surface area contributed by atoms with E-state index in [4.69, 9.17) is 11.6 Å². The number of aromatic hydroxyl groups is 1. The van der Waals surface area contributed by atoms with E-state index in [9.17, 15) is 33.0 Å². The summed E-state index contributed by atoms with van der Waals surface area (Å²) in [6.07, 6.45) is -2.57. The first kappa shape index (κ1) is 27.1. The van der Waals surface area contributed by atoms with E-state index in [-0.39, 0.29) is 27.5 Å². The minimum absolute atomic E-state index is 0.00455. The fraction of sp³-hybridized carbons (Fsp3) is 0.308. The largest absolute Gasteiger partial charge is 0.493 e. The lowest BCUT2D eigenvalue weighted by molar-refractivity contribution is -0.143. The Hall–Kier alpha value is -3.48. The van der Waals surface area contributed by atoms with Crippen LogP contribution in [0.15, 0.2) is 51.4 Å². The van der Waals surface area contributed by atoms with Crippen LogP contribution in [0.2, 0.25) is 5.02 Å². The number of benzene rings is 2. The molecule has 8 nitrogen and oxygen atoms in total. The molecule has 204 valence electrons. The highest BCUT2D eigenvalue weighted by atomic mass is 35.5. The Bertz CT molecular complexity index is 1660. The highest BCUT2D eigenvalue weighted by Crippen LogP contribution is 2.39. The van der Waals surface area contributed by atoms with E-state index in [1.807, 2.05) is 0 Å². The lowest BCUT2D eigenvalue weighted by Gasteiger charge is -2.28. The standard InChI is InChI=1S/C26H22ClF3N4O4S/c27-17-3-1-15(19(11-17)26(28,29)30)10-18(14-2-4-20-16(9-14)12-32-33-20)22-23(35)34(25(38)39-22)21(24(36)37)13-5-7-31-8-6-13/h1-4,9,11-13,21,31,35H,5-8,10H2,(H,36,37). The lowest BCUT2D eigenvalue weighted by Crippen LogP contribution is -2.38. The number of aliphatic carboxylic acids is 1. The molecule has 13 heteroatoms. The smallest absolute Gasteiger partial charge is 0.416 e. The number of halogens is 4. The fourth-order valence-electron chi connectivity index (χ4n) is 5.06. The third-order valence-electron chi connectivity index (χ3n) is 6.94. The van der Waals surface area contributed by atoms with Crippen molar-refractivity contribution < 1.29 is 28.2 Å². The first-order valence-corrected chi connectivity index (χ1v) is 13.2. The van der Waals surface area contributed by atoms with Crippen molar-refractivity contribution in [3.8, 4) is 5.88 Å². The van der Waals surface area contributed by atoms with Crippen molar-refractivity contribution in [2.24, 2.45) is 16.1 Å². The second-order valence-corrected chi connectivity index (χ2v) is 10.7. The number of fused-ring (bicyclic) bond motifs is 1. The van der Waals surface area contributed by atoms with Gasteiger partial charge in [-0.15, -0.1) is 0 Å². The molecule has 3 heterocycles. The zero-order valence-corrected chi connectivity index (χ0v) is 21.8. The molecule has 0 aliphatic carbocycles. The Balaban J connectivity index is 1.72. The molecule has 3 aromatic rings. The number of hydrogen-bond acceptors (Lipinski definition) is 7. The van der Waals surface area contributed by atoms with Crippen LogP contribution in [0.4, 0.5) is 13.2 Å². The normalized spacial score (nSPS) is 17.0. The summed E-state index contributed by atoms with van der Waals surface area (Å²) in [6, 6.07) is 7.00. The quantitative estimate of drug-likeness (QED) is 0.415. The highest BCUT2D eigenvalue weighted by molar-refractivity contribution is 7.10. The number of carboxylic acid groups (broad SMARTS) is 1. The Morgan fingerprint density at radius 3 is 2.64 bits per heavy atom. The third-order valence-corrected chi connectivity index (χ3v) is 8.18. The van der Waals surface area contributed by atoms with Gasteiger partial charge in [-0.05, 0) is 72.5 Å². The van der Waals surface area contributed by atoms with Crippen molar-refractivity contribution in [1.29, 1.82) is 0 Å². The Kier molecular flexibility index (Phi) is 7.36. The van der Waals surface area contributed by atoms with Crippen LogP contribution < -0.4 is 20.8 Å². The minimum atomic E-state index is -4.71. The molecule has 0 spiro atoms. The number of piperidine rings is 1. The highest BCUT2D eigenvalue weighted by Gasteiger charge is 2.37. The molecular formula is C26H22ClF3N4O4S. The van der Waals surface area contributed by atoms with Crippen LogP contribution in [0.3, 0.4) is 0 Å². The zero-order valence-electron chi connectivity index (χ0n) is 20.2. The zero-order chi connectivity index (χ0) is 27.9. The van der Waals surface area contributed by atoms with Gasteiger partial charge in [0.1, 0.15) is 6.04 Å². The third kappa shape index (κ3) is 5.36. The van der Waals surface area contributed by atoms with E-state index in [0.29, 0.717) is 53.4 Å². The van der Waals surface area contributed by atoms with Crippen molar-refractivity contribution >= 4 is 40.7 Å². The predicted octanol–water partition coefficient (Wildman–Crippen LogP) is 3.32. The molecule has 2 aromatic carbocycles.